The summed E-state index contributed by atoms with van der Waals surface area (Å²) in [4.78, 5) is 24.2. The van der Waals surface area contributed by atoms with Crippen molar-refractivity contribution in [2.45, 2.75) is 70.3 Å². The van der Waals surface area contributed by atoms with E-state index in [1.165, 1.54) is 20.0 Å². The van der Waals surface area contributed by atoms with Gasteiger partial charge in [0.2, 0.25) is 0 Å². The third-order valence-electron chi connectivity index (χ3n) is 4.76. The molecule has 2 fully saturated rings. The molecule has 4 heteroatoms. The van der Waals surface area contributed by atoms with Gasteiger partial charge in [-0.25, -0.2) is 4.79 Å². The maximum Gasteiger partial charge on any atom is 0.508 e. The first-order valence-corrected chi connectivity index (χ1v) is 8.00. The molecule has 0 N–H and O–H groups in total. The summed E-state index contributed by atoms with van der Waals surface area (Å²) in [5, 5.41) is 0. The van der Waals surface area contributed by atoms with Crippen molar-refractivity contribution in [3.05, 3.63) is 0 Å². The lowest BCUT2D eigenvalue weighted by molar-refractivity contribution is -0.137. The fourth-order valence-electron chi connectivity index (χ4n) is 3.59. The highest BCUT2D eigenvalue weighted by Crippen LogP contribution is 2.33. The SMILES string of the molecule is COC(=O)OC(C(=O)C1CCCCC1)C1CCCCC1. The second-order valence-corrected chi connectivity index (χ2v) is 6.13. The number of carbonyl (C=O) groups excluding carboxylic acids is 2. The Hall–Kier alpha value is -1.06. The molecule has 0 saturated heterocycles. The van der Waals surface area contributed by atoms with Crippen LogP contribution in [0.15, 0.2) is 0 Å². The first-order valence-electron chi connectivity index (χ1n) is 8.00. The minimum absolute atomic E-state index is 0.0836. The Morgan fingerprint density at radius 3 is 2.00 bits per heavy atom. The summed E-state index contributed by atoms with van der Waals surface area (Å²) >= 11 is 0. The van der Waals surface area contributed by atoms with Crippen LogP contribution in [0, 0.1) is 11.8 Å². The molecule has 0 bridgehead atoms. The van der Waals surface area contributed by atoms with E-state index in [2.05, 4.69) is 4.74 Å². The number of hydrogen-bond donors (Lipinski definition) is 0. The predicted octanol–water partition coefficient (Wildman–Crippen LogP) is 3.87. The second-order valence-electron chi connectivity index (χ2n) is 6.13. The zero-order valence-corrected chi connectivity index (χ0v) is 12.4. The first kappa shape index (κ1) is 15.3. The summed E-state index contributed by atoms with van der Waals surface area (Å²) < 4.78 is 9.94. The molecule has 0 aromatic rings. The van der Waals surface area contributed by atoms with E-state index in [4.69, 9.17) is 4.74 Å². The Morgan fingerprint density at radius 2 is 1.45 bits per heavy atom. The molecule has 2 aliphatic rings. The van der Waals surface area contributed by atoms with Crippen molar-refractivity contribution in [2.24, 2.45) is 11.8 Å². The van der Waals surface area contributed by atoms with Crippen LogP contribution >= 0.6 is 0 Å². The van der Waals surface area contributed by atoms with Crippen molar-refractivity contribution in [2.75, 3.05) is 7.11 Å². The van der Waals surface area contributed by atoms with Gasteiger partial charge in [0.15, 0.2) is 11.9 Å². The second kappa shape index (κ2) is 7.65. The van der Waals surface area contributed by atoms with Crippen molar-refractivity contribution in [1.29, 1.82) is 0 Å². The molecule has 0 aromatic carbocycles. The first-order chi connectivity index (χ1) is 9.72. The summed E-state index contributed by atoms with van der Waals surface area (Å²) in [5.74, 6) is 0.416. The van der Waals surface area contributed by atoms with Crippen molar-refractivity contribution < 1.29 is 19.1 Å². The average Bonchev–Trinajstić information content (AvgIpc) is 2.53. The van der Waals surface area contributed by atoms with Gasteiger partial charge in [0.05, 0.1) is 7.11 Å². The Kier molecular flexibility index (Phi) is 5.86. The molecular weight excluding hydrogens is 256 g/mol. The largest absolute Gasteiger partial charge is 0.508 e. The molecule has 0 aliphatic heterocycles. The molecule has 2 aliphatic carbocycles. The van der Waals surface area contributed by atoms with E-state index in [0.29, 0.717) is 0 Å². The fraction of sp³-hybridized carbons (Fsp3) is 0.875. The molecule has 2 saturated carbocycles. The van der Waals surface area contributed by atoms with Crippen LogP contribution in [-0.4, -0.2) is 25.2 Å². The molecule has 0 amide bonds. The van der Waals surface area contributed by atoms with Gasteiger partial charge in [-0.15, -0.1) is 0 Å². The zero-order chi connectivity index (χ0) is 14.4. The van der Waals surface area contributed by atoms with Crippen molar-refractivity contribution in [3.8, 4) is 0 Å². The highest BCUT2D eigenvalue weighted by atomic mass is 16.7. The average molecular weight is 282 g/mol. The van der Waals surface area contributed by atoms with E-state index >= 15 is 0 Å². The monoisotopic (exact) mass is 282 g/mol. The van der Waals surface area contributed by atoms with Gasteiger partial charge < -0.3 is 9.47 Å². The summed E-state index contributed by atoms with van der Waals surface area (Å²) in [6.07, 6.45) is 9.51. The molecule has 1 unspecified atom stereocenters. The Morgan fingerprint density at radius 1 is 0.900 bits per heavy atom. The van der Waals surface area contributed by atoms with Crippen LogP contribution in [-0.2, 0) is 14.3 Å². The van der Waals surface area contributed by atoms with Crippen LogP contribution in [0.1, 0.15) is 64.2 Å². The molecule has 0 spiro atoms. The van der Waals surface area contributed by atoms with Gasteiger partial charge in [0, 0.05) is 11.8 Å². The van der Waals surface area contributed by atoms with Gasteiger partial charge in [0.25, 0.3) is 0 Å². The Labute approximate surface area is 121 Å². The molecule has 0 radical (unpaired) electrons. The van der Waals surface area contributed by atoms with Crippen LogP contribution in [0.3, 0.4) is 0 Å². The van der Waals surface area contributed by atoms with Gasteiger partial charge in [-0.1, -0.05) is 38.5 Å². The number of hydrogen-bond acceptors (Lipinski definition) is 4. The third kappa shape index (κ3) is 3.97. The van der Waals surface area contributed by atoms with Gasteiger partial charge in [-0.3, -0.25) is 4.79 Å². The maximum atomic E-state index is 12.7. The van der Waals surface area contributed by atoms with Crippen LogP contribution < -0.4 is 0 Å². The number of ketones is 1. The molecule has 20 heavy (non-hydrogen) atoms. The number of carbonyl (C=O) groups is 2. The topological polar surface area (TPSA) is 52.6 Å². The molecule has 114 valence electrons. The van der Waals surface area contributed by atoms with Crippen LogP contribution in [0.4, 0.5) is 4.79 Å². The third-order valence-corrected chi connectivity index (χ3v) is 4.76. The van der Waals surface area contributed by atoms with Crippen LogP contribution in [0.2, 0.25) is 0 Å². The highest BCUT2D eigenvalue weighted by Gasteiger charge is 2.37. The smallest absolute Gasteiger partial charge is 0.438 e. The molecule has 4 nitrogen and oxygen atoms in total. The molecular formula is C16H26O4. The van der Waals surface area contributed by atoms with E-state index in [1.54, 1.807) is 0 Å². The molecule has 2 rings (SSSR count). The maximum absolute atomic E-state index is 12.7. The number of rotatable bonds is 4. The van der Waals surface area contributed by atoms with Crippen LogP contribution in [0.5, 0.6) is 0 Å². The van der Waals surface area contributed by atoms with Crippen molar-refractivity contribution in [3.63, 3.8) is 0 Å². The summed E-state index contributed by atoms with van der Waals surface area (Å²) in [6, 6.07) is 0. The minimum Gasteiger partial charge on any atom is -0.438 e. The summed E-state index contributed by atoms with van der Waals surface area (Å²) in [7, 11) is 1.30. The van der Waals surface area contributed by atoms with Gasteiger partial charge in [-0.2, -0.15) is 0 Å². The van der Waals surface area contributed by atoms with E-state index in [9.17, 15) is 9.59 Å². The van der Waals surface area contributed by atoms with E-state index in [1.807, 2.05) is 0 Å². The van der Waals surface area contributed by atoms with Gasteiger partial charge in [-0.05, 0) is 25.7 Å². The molecule has 0 heterocycles. The molecule has 0 aromatic heterocycles. The summed E-state index contributed by atoms with van der Waals surface area (Å²) in [6.45, 7) is 0. The summed E-state index contributed by atoms with van der Waals surface area (Å²) in [5.41, 5.74) is 0. The number of methoxy groups -OCH3 is 1. The van der Waals surface area contributed by atoms with E-state index in [-0.39, 0.29) is 17.6 Å². The minimum atomic E-state index is -0.718. The number of ether oxygens (including phenoxy) is 2. The standard InChI is InChI=1S/C16H26O4/c1-19-16(18)20-15(13-10-6-3-7-11-13)14(17)12-8-4-2-5-9-12/h12-13,15H,2-11H2,1H3. The lowest BCUT2D eigenvalue weighted by atomic mass is 9.77. The van der Waals surface area contributed by atoms with Crippen molar-refractivity contribution in [1.82, 2.24) is 0 Å². The number of Topliss-reactive ketones (excluding diaryl/α,β-unsaturated/α-hetero) is 1. The normalized spacial score (nSPS) is 23.1. The van der Waals surface area contributed by atoms with Gasteiger partial charge in [0.1, 0.15) is 0 Å². The van der Waals surface area contributed by atoms with Gasteiger partial charge >= 0.3 is 6.16 Å². The Balaban J connectivity index is 2.03. The predicted molar refractivity (Wildman–Crippen MR) is 75.4 cm³/mol. The highest BCUT2D eigenvalue weighted by molar-refractivity contribution is 5.87. The lowest BCUT2D eigenvalue weighted by Gasteiger charge is -2.31. The van der Waals surface area contributed by atoms with Crippen molar-refractivity contribution >= 4 is 11.9 Å². The van der Waals surface area contributed by atoms with Crippen LogP contribution in [0.25, 0.3) is 0 Å². The fourth-order valence-corrected chi connectivity index (χ4v) is 3.59. The van der Waals surface area contributed by atoms with E-state index < -0.39 is 12.3 Å². The Bertz CT molecular complexity index is 327. The molecule has 1 atom stereocenters. The van der Waals surface area contributed by atoms with E-state index in [0.717, 1.165) is 51.4 Å². The zero-order valence-electron chi connectivity index (χ0n) is 12.4. The lowest BCUT2D eigenvalue weighted by Crippen LogP contribution is -2.40. The quantitative estimate of drug-likeness (QED) is 0.734.